The van der Waals surface area contributed by atoms with Crippen molar-refractivity contribution in [2.75, 3.05) is 27.2 Å². The molecule has 1 aromatic carbocycles. The van der Waals surface area contributed by atoms with Crippen LogP contribution in [0.25, 0.3) is 5.69 Å². The first-order chi connectivity index (χ1) is 10.1. The van der Waals surface area contributed by atoms with Gasteiger partial charge in [-0.2, -0.15) is 5.10 Å². The molecule has 0 radical (unpaired) electrons. The summed E-state index contributed by atoms with van der Waals surface area (Å²) in [5, 5.41) is 7.43. The van der Waals surface area contributed by atoms with Crippen LogP contribution in [0.2, 0.25) is 0 Å². The molecule has 0 bridgehead atoms. The third-order valence-electron chi connectivity index (χ3n) is 3.63. The zero-order valence-electron chi connectivity index (χ0n) is 13.5. The molecule has 0 fully saturated rings. The number of carbonyl (C=O) groups excluding carboxylic acids is 1. The Bertz CT molecular complexity index is 639. The van der Waals surface area contributed by atoms with Crippen LogP contribution in [0, 0.1) is 13.8 Å². The molecule has 0 atom stereocenters. The van der Waals surface area contributed by atoms with Crippen LogP contribution in [0.4, 0.5) is 0 Å². The Kier molecular flexibility index (Phi) is 6.59. The van der Waals surface area contributed by atoms with Crippen molar-refractivity contribution in [3.63, 3.8) is 0 Å². The second kappa shape index (κ2) is 7.96. The van der Waals surface area contributed by atoms with Gasteiger partial charge in [0, 0.05) is 20.1 Å². The minimum Gasteiger partial charge on any atom is -0.340 e. The number of carbonyl (C=O) groups is 1. The molecule has 0 saturated heterocycles. The van der Waals surface area contributed by atoms with Crippen molar-refractivity contribution >= 4 is 18.3 Å². The van der Waals surface area contributed by atoms with E-state index in [2.05, 4.69) is 10.4 Å². The van der Waals surface area contributed by atoms with Gasteiger partial charge in [-0.3, -0.25) is 4.79 Å². The van der Waals surface area contributed by atoms with Crippen LogP contribution in [0.15, 0.2) is 30.5 Å². The first-order valence-electron chi connectivity index (χ1n) is 7.07. The van der Waals surface area contributed by atoms with Crippen LogP contribution in [0.1, 0.15) is 21.6 Å². The van der Waals surface area contributed by atoms with E-state index in [-0.39, 0.29) is 18.3 Å². The van der Waals surface area contributed by atoms with E-state index in [1.165, 1.54) is 0 Å². The second-order valence-electron chi connectivity index (χ2n) is 5.17. The summed E-state index contributed by atoms with van der Waals surface area (Å²) in [7, 11) is 3.68. The van der Waals surface area contributed by atoms with E-state index in [9.17, 15) is 4.79 Å². The van der Waals surface area contributed by atoms with E-state index in [1.807, 2.05) is 56.9 Å². The molecule has 1 amide bonds. The van der Waals surface area contributed by atoms with Crippen molar-refractivity contribution in [2.24, 2.45) is 0 Å². The fourth-order valence-electron chi connectivity index (χ4n) is 2.25. The van der Waals surface area contributed by atoms with E-state index in [4.69, 9.17) is 0 Å². The lowest BCUT2D eigenvalue weighted by Gasteiger charge is -2.16. The zero-order chi connectivity index (χ0) is 15.4. The average molecular weight is 323 g/mol. The van der Waals surface area contributed by atoms with Gasteiger partial charge in [0.05, 0.1) is 23.1 Å². The normalized spacial score (nSPS) is 10.2. The highest BCUT2D eigenvalue weighted by Gasteiger charge is 2.18. The summed E-state index contributed by atoms with van der Waals surface area (Å²) in [4.78, 5) is 14.2. The molecule has 2 aromatic rings. The molecule has 0 aliphatic rings. The van der Waals surface area contributed by atoms with Gasteiger partial charge in [0.2, 0.25) is 0 Å². The number of hydrogen-bond donors (Lipinski definition) is 1. The smallest absolute Gasteiger partial charge is 0.257 e. The summed E-state index contributed by atoms with van der Waals surface area (Å²) in [5.74, 6) is 0.00239. The van der Waals surface area contributed by atoms with Gasteiger partial charge < -0.3 is 10.2 Å². The summed E-state index contributed by atoms with van der Waals surface area (Å²) < 4.78 is 1.83. The Morgan fingerprint density at radius 2 is 2.00 bits per heavy atom. The van der Waals surface area contributed by atoms with Crippen molar-refractivity contribution in [1.29, 1.82) is 0 Å². The highest BCUT2D eigenvalue weighted by atomic mass is 35.5. The lowest BCUT2D eigenvalue weighted by molar-refractivity contribution is 0.0796. The van der Waals surface area contributed by atoms with Gasteiger partial charge in [0.15, 0.2) is 0 Å². The SMILES string of the molecule is CNCCN(C)C(=O)c1cnn(-c2ccccc2C)c1C.Cl. The van der Waals surface area contributed by atoms with Gasteiger partial charge in [0.25, 0.3) is 5.91 Å². The predicted octanol–water partition coefficient (Wildman–Crippen LogP) is 2.20. The molecule has 0 aliphatic heterocycles. The van der Waals surface area contributed by atoms with Crippen molar-refractivity contribution in [3.05, 3.63) is 47.3 Å². The maximum Gasteiger partial charge on any atom is 0.257 e. The monoisotopic (exact) mass is 322 g/mol. The van der Waals surface area contributed by atoms with Gasteiger partial charge >= 0.3 is 0 Å². The van der Waals surface area contributed by atoms with Crippen LogP contribution in [-0.2, 0) is 0 Å². The number of nitrogens with one attached hydrogen (secondary N) is 1. The highest BCUT2D eigenvalue weighted by Crippen LogP contribution is 2.18. The summed E-state index contributed by atoms with van der Waals surface area (Å²) in [6.45, 7) is 5.41. The highest BCUT2D eigenvalue weighted by molar-refractivity contribution is 5.95. The van der Waals surface area contributed by atoms with Gasteiger partial charge in [-0.25, -0.2) is 4.68 Å². The maximum atomic E-state index is 12.4. The third kappa shape index (κ3) is 3.67. The quantitative estimate of drug-likeness (QED) is 0.918. The Morgan fingerprint density at radius 3 is 2.64 bits per heavy atom. The molecule has 0 spiro atoms. The summed E-state index contributed by atoms with van der Waals surface area (Å²) in [6.07, 6.45) is 1.65. The molecule has 1 N–H and O–H groups in total. The molecule has 6 heteroatoms. The van der Waals surface area contributed by atoms with Gasteiger partial charge in [0.1, 0.15) is 0 Å². The zero-order valence-corrected chi connectivity index (χ0v) is 14.3. The minimum atomic E-state index is 0. The number of aryl methyl sites for hydroxylation is 1. The standard InChI is InChI=1S/C16H22N4O.ClH/c1-12-7-5-6-8-15(12)20-13(2)14(11-18-20)16(21)19(4)10-9-17-3;/h5-8,11,17H,9-10H2,1-4H3;1H. The Morgan fingerprint density at radius 1 is 1.32 bits per heavy atom. The van der Waals surface area contributed by atoms with Crippen LogP contribution in [-0.4, -0.2) is 47.8 Å². The minimum absolute atomic E-state index is 0. The fraction of sp³-hybridized carbons (Fsp3) is 0.375. The summed E-state index contributed by atoms with van der Waals surface area (Å²) >= 11 is 0. The van der Waals surface area contributed by atoms with Crippen LogP contribution in [0.5, 0.6) is 0 Å². The molecule has 2 rings (SSSR count). The topological polar surface area (TPSA) is 50.2 Å². The van der Waals surface area contributed by atoms with Crippen molar-refractivity contribution in [3.8, 4) is 5.69 Å². The van der Waals surface area contributed by atoms with Crippen molar-refractivity contribution < 1.29 is 4.79 Å². The molecule has 1 heterocycles. The van der Waals surface area contributed by atoms with Crippen LogP contribution >= 0.6 is 12.4 Å². The average Bonchev–Trinajstić information content (AvgIpc) is 2.86. The fourth-order valence-corrected chi connectivity index (χ4v) is 2.25. The van der Waals surface area contributed by atoms with Crippen molar-refractivity contribution in [1.82, 2.24) is 20.0 Å². The molecular weight excluding hydrogens is 300 g/mol. The molecule has 0 aliphatic carbocycles. The van der Waals surface area contributed by atoms with E-state index < -0.39 is 0 Å². The number of aromatic nitrogens is 2. The van der Waals surface area contributed by atoms with E-state index in [0.717, 1.165) is 23.5 Å². The second-order valence-corrected chi connectivity index (χ2v) is 5.17. The Labute approximate surface area is 137 Å². The molecule has 120 valence electrons. The van der Waals surface area contributed by atoms with E-state index in [1.54, 1.807) is 11.1 Å². The Hall–Kier alpha value is -1.85. The molecule has 0 saturated carbocycles. The number of nitrogens with zero attached hydrogens (tertiary/aromatic N) is 3. The first-order valence-corrected chi connectivity index (χ1v) is 7.07. The number of likely N-dealkylation sites (N-methyl/N-ethyl adjacent to an activating group) is 2. The maximum absolute atomic E-state index is 12.4. The number of amides is 1. The molecule has 0 unspecified atom stereocenters. The summed E-state index contributed by atoms with van der Waals surface area (Å²) in [5.41, 5.74) is 3.65. The van der Waals surface area contributed by atoms with Crippen LogP contribution < -0.4 is 5.32 Å². The first kappa shape index (κ1) is 18.2. The molecule has 5 nitrogen and oxygen atoms in total. The molecule has 1 aromatic heterocycles. The molecule has 22 heavy (non-hydrogen) atoms. The summed E-state index contributed by atoms with van der Waals surface area (Å²) in [6, 6.07) is 8.02. The number of rotatable bonds is 5. The van der Waals surface area contributed by atoms with Gasteiger partial charge in [-0.05, 0) is 32.5 Å². The largest absolute Gasteiger partial charge is 0.340 e. The van der Waals surface area contributed by atoms with Crippen molar-refractivity contribution in [2.45, 2.75) is 13.8 Å². The lowest BCUT2D eigenvalue weighted by Crippen LogP contribution is -2.33. The van der Waals surface area contributed by atoms with Gasteiger partial charge in [-0.15, -0.1) is 12.4 Å². The predicted molar refractivity (Wildman–Crippen MR) is 91.2 cm³/mol. The van der Waals surface area contributed by atoms with E-state index in [0.29, 0.717) is 12.1 Å². The third-order valence-corrected chi connectivity index (χ3v) is 3.63. The lowest BCUT2D eigenvalue weighted by atomic mass is 10.2. The number of para-hydroxylation sites is 1. The number of halogens is 1. The number of hydrogen-bond acceptors (Lipinski definition) is 3. The number of benzene rings is 1. The van der Waals surface area contributed by atoms with E-state index >= 15 is 0 Å². The van der Waals surface area contributed by atoms with Gasteiger partial charge in [-0.1, -0.05) is 18.2 Å². The van der Waals surface area contributed by atoms with Crippen LogP contribution in [0.3, 0.4) is 0 Å². The Balaban J connectivity index is 0.00000242. The molecular formula is C16H23ClN4O.